The smallest absolute Gasteiger partial charge is 0.240 e. The minimum atomic E-state index is -3.56. The van der Waals surface area contributed by atoms with Crippen LogP contribution in [-0.4, -0.2) is 40.4 Å². The molecule has 2 amide bonds. The third-order valence-corrected chi connectivity index (χ3v) is 6.57. The van der Waals surface area contributed by atoms with Crippen molar-refractivity contribution in [2.45, 2.75) is 31.6 Å². The van der Waals surface area contributed by atoms with Gasteiger partial charge < -0.3 is 15.0 Å². The lowest BCUT2D eigenvalue weighted by Gasteiger charge is -2.20. The van der Waals surface area contributed by atoms with Crippen LogP contribution in [0.1, 0.15) is 25.3 Å². The number of carbonyl (C=O) groups excluding carboxylic acids is 2. The second-order valence-electron chi connectivity index (χ2n) is 7.49. The Bertz CT molecular complexity index is 1070. The average Bonchev–Trinajstić information content (AvgIpc) is 3.14. The number of anilines is 2. The van der Waals surface area contributed by atoms with Crippen molar-refractivity contribution < 1.29 is 22.7 Å². The highest BCUT2D eigenvalue weighted by atomic mass is 32.2. The van der Waals surface area contributed by atoms with E-state index >= 15 is 0 Å². The molecule has 9 heteroatoms. The fourth-order valence-electron chi connectivity index (χ4n) is 3.41. The van der Waals surface area contributed by atoms with Gasteiger partial charge in [-0.05, 0) is 55.3 Å². The van der Waals surface area contributed by atoms with Gasteiger partial charge >= 0.3 is 0 Å². The predicted octanol–water partition coefficient (Wildman–Crippen LogP) is 2.68. The van der Waals surface area contributed by atoms with Crippen LogP contribution >= 0.6 is 0 Å². The molecule has 1 fully saturated rings. The minimum Gasteiger partial charge on any atom is -0.495 e. The van der Waals surface area contributed by atoms with Gasteiger partial charge in [-0.1, -0.05) is 13.0 Å². The van der Waals surface area contributed by atoms with E-state index in [1.54, 1.807) is 18.1 Å². The van der Waals surface area contributed by atoms with Crippen LogP contribution < -0.4 is 19.7 Å². The van der Waals surface area contributed by atoms with Crippen molar-refractivity contribution >= 4 is 33.2 Å². The molecule has 1 heterocycles. The SMILES string of the molecule is CCCNS(=O)(=O)c1ccc(NC(=O)C2CC(=O)N(c3cc(C)ccc3OC)C2)cc1. The summed E-state index contributed by atoms with van der Waals surface area (Å²) in [7, 11) is -2.02. The fraction of sp³-hybridized carbons (Fsp3) is 0.364. The molecule has 0 radical (unpaired) electrons. The molecule has 1 aliphatic heterocycles. The molecular weight excluding hydrogens is 418 g/mol. The van der Waals surface area contributed by atoms with E-state index in [0.717, 1.165) is 5.56 Å². The van der Waals surface area contributed by atoms with Crippen molar-refractivity contribution in [3.8, 4) is 5.75 Å². The number of aryl methyl sites for hydroxylation is 1. The zero-order valence-corrected chi connectivity index (χ0v) is 18.7. The van der Waals surface area contributed by atoms with E-state index in [4.69, 9.17) is 4.74 Å². The summed E-state index contributed by atoms with van der Waals surface area (Å²) in [6.45, 7) is 4.41. The number of ether oxygens (including phenoxy) is 1. The highest BCUT2D eigenvalue weighted by molar-refractivity contribution is 7.89. The van der Waals surface area contributed by atoms with Gasteiger partial charge in [0.1, 0.15) is 5.75 Å². The summed E-state index contributed by atoms with van der Waals surface area (Å²) in [5.74, 6) is -0.379. The van der Waals surface area contributed by atoms with Crippen molar-refractivity contribution in [2.75, 3.05) is 30.4 Å². The van der Waals surface area contributed by atoms with Crippen LogP contribution in [0, 0.1) is 12.8 Å². The molecule has 2 aromatic rings. The maximum Gasteiger partial charge on any atom is 0.240 e. The highest BCUT2D eigenvalue weighted by Crippen LogP contribution is 2.34. The Morgan fingerprint density at radius 2 is 1.90 bits per heavy atom. The molecule has 8 nitrogen and oxygen atoms in total. The molecule has 1 atom stereocenters. The number of hydrogen-bond donors (Lipinski definition) is 2. The number of nitrogens with zero attached hydrogens (tertiary/aromatic N) is 1. The molecule has 3 rings (SSSR count). The quantitative estimate of drug-likeness (QED) is 0.650. The lowest BCUT2D eigenvalue weighted by atomic mass is 10.1. The van der Waals surface area contributed by atoms with E-state index in [1.807, 2.05) is 26.0 Å². The van der Waals surface area contributed by atoms with Crippen molar-refractivity contribution in [3.05, 3.63) is 48.0 Å². The van der Waals surface area contributed by atoms with Gasteiger partial charge in [0.2, 0.25) is 21.8 Å². The molecule has 2 N–H and O–H groups in total. The number of methoxy groups -OCH3 is 1. The van der Waals surface area contributed by atoms with Crippen LogP contribution in [0.15, 0.2) is 47.4 Å². The predicted molar refractivity (Wildman–Crippen MR) is 119 cm³/mol. The lowest BCUT2D eigenvalue weighted by Crippen LogP contribution is -2.28. The van der Waals surface area contributed by atoms with Gasteiger partial charge in [-0.15, -0.1) is 0 Å². The van der Waals surface area contributed by atoms with Crippen LogP contribution in [0.3, 0.4) is 0 Å². The summed E-state index contributed by atoms with van der Waals surface area (Å²) >= 11 is 0. The number of carbonyl (C=O) groups is 2. The zero-order chi connectivity index (χ0) is 22.6. The number of amides is 2. The van der Waals surface area contributed by atoms with Gasteiger partial charge in [0.15, 0.2) is 0 Å². The molecule has 166 valence electrons. The summed E-state index contributed by atoms with van der Waals surface area (Å²) in [6.07, 6.45) is 0.787. The largest absolute Gasteiger partial charge is 0.495 e. The normalized spacial score (nSPS) is 16.4. The van der Waals surface area contributed by atoms with E-state index in [0.29, 0.717) is 30.1 Å². The second kappa shape index (κ2) is 9.49. The molecule has 0 saturated carbocycles. The first-order valence-electron chi connectivity index (χ1n) is 10.1. The molecule has 31 heavy (non-hydrogen) atoms. The van der Waals surface area contributed by atoms with E-state index in [1.165, 1.54) is 24.3 Å². The Balaban J connectivity index is 1.68. The lowest BCUT2D eigenvalue weighted by molar-refractivity contribution is -0.122. The topological polar surface area (TPSA) is 105 Å². The molecule has 0 bridgehead atoms. The van der Waals surface area contributed by atoms with Crippen molar-refractivity contribution in [2.24, 2.45) is 5.92 Å². The molecule has 2 aromatic carbocycles. The summed E-state index contributed by atoms with van der Waals surface area (Å²) in [4.78, 5) is 27.0. The van der Waals surface area contributed by atoms with E-state index in [-0.39, 0.29) is 29.7 Å². The van der Waals surface area contributed by atoms with Gasteiger partial charge in [0.25, 0.3) is 0 Å². The number of rotatable bonds is 8. The fourth-order valence-corrected chi connectivity index (χ4v) is 4.54. The number of sulfonamides is 1. The molecule has 0 aliphatic carbocycles. The molecule has 0 spiro atoms. The van der Waals surface area contributed by atoms with Crippen LogP contribution in [0.2, 0.25) is 0 Å². The van der Waals surface area contributed by atoms with Crippen molar-refractivity contribution in [3.63, 3.8) is 0 Å². The second-order valence-corrected chi connectivity index (χ2v) is 9.26. The van der Waals surface area contributed by atoms with Crippen LogP contribution in [0.5, 0.6) is 5.75 Å². The summed E-state index contributed by atoms with van der Waals surface area (Å²) in [5.41, 5.74) is 2.11. The Morgan fingerprint density at radius 1 is 1.19 bits per heavy atom. The van der Waals surface area contributed by atoms with Crippen LogP contribution in [-0.2, 0) is 19.6 Å². The number of nitrogens with one attached hydrogen (secondary N) is 2. The third kappa shape index (κ3) is 5.23. The first-order chi connectivity index (χ1) is 14.7. The number of hydrogen-bond acceptors (Lipinski definition) is 5. The molecule has 1 saturated heterocycles. The van der Waals surface area contributed by atoms with E-state index in [2.05, 4.69) is 10.0 Å². The van der Waals surface area contributed by atoms with E-state index < -0.39 is 15.9 Å². The Labute approximate surface area is 182 Å². The first kappa shape index (κ1) is 22.8. The molecule has 1 aliphatic rings. The Morgan fingerprint density at radius 3 is 2.55 bits per heavy atom. The molecule has 0 aromatic heterocycles. The summed E-state index contributed by atoms with van der Waals surface area (Å²) in [6, 6.07) is 11.5. The third-order valence-electron chi connectivity index (χ3n) is 5.10. The average molecular weight is 446 g/mol. The minimum absolute atomic E-state index is 0.0936. The maximum atomic E-state index is 12.7. The zero-order valence-electron chi connectivity index (χ0n) is 17.8. The van der Waals surface area contributed by atoms with Gasteiger partial charge in [0.05, 0.1) is 23.6 Å². The van der Waals surface area contributed by atoms with Crippen LogP contribution in [0.4, 0.5) is 11.4 Å². The Kier molecular flexibility index (Phi) is 6.97. The summed E-state index contributed by atoms with van der Waals surface area (Å²) < 4.78 is 32.2. The standard InChI is InChI=1S/C22H27N3O5S/c1-4-11-23-31(28,29)18-8-6-17(7-9-18)24-22(27)16-13-21(26)25(14-16)19-12-15(2)5-10-20(19)30-3/h5-10,12,16,23H,4,11,13-14H2,1-3H3,(H,24,27). The highest BCUT2D eigenvalue weighted by Gasteiger charge is 2.36. The van der Waals surface area contributed by atoms with E-state index in [9.17, 15) is 18.0 Å². The van der Waals surface area contributed by atoms with Gasteiger partial charge in [0, 0.05) is 25.2 Å². The monoisotopic (exact) mass is 445 g/mol. The maximum absolute atomic E-state index is 12.7. The van der Waals surface area contributed by atoms with Gasteiger partial charge in [-0.25, -0.2) is 13.1 Å². The molecular formula is C22H27N3O5S. The van der Waals surface area contributed by atoms with Gasteiger partial charge in [-0.3, -0.25) is 9.59 Å². The Hall–Kier alpha value is -2.91. The molecule has 1 unspecified atom stereocenters. The van der Waals surface area contributed by atoms with Gasteiger partial charge in [-0.2, -0.15) is 0 Å². The number of benzene rings is 2. The van der Waals surface area contributed by atoms with Crippen LogP contribution in [0.25, 0.3) is 0 Å². The summed E-state index contributed by atoms with van der Waals surface area (Å²) in [5, 5.41) is 2.77. The van der Waals surface area contributed by atoms with Crippen molar-refractivity contribution in [1.29, 1.82) is 0 Å². The van der Waals surface area contributed by atoms with Crippen molar-refractivity contribution in [1.82, 2.24) is 4.72 Å². The first-order valence-corrected chi connectivity index (χ1v) is 11.6.